The van der Waals surface area contributed by atoms with Gasteiger partial charge < -0.3 is 9.47 Å². The maximum Gasteiger partial charge on any atom is 0.344 e. The average Bonchev–Trinajstić information content (AvgIpc) is 2.61. The number of ether oxygens (including phenoxy) is 2. The van der Waals surface area contributed by atoms with Gasteiger partial charge in [-0.3, -0.25) is 0 Å². The zero-order chi connectivity index (χ0) is 18.3. The fourth-order valence-electron chi connectivity index (χ4n) is 2.17. The number of hydrogen-bond donors (Lipinski definition) is 1. The third-order valence-electron chi connectivity index (χ3n) is 3.43. The number of carbonyl (C=O) groups is 1. The maximum absolute atomic E-state index is 12.5. The van der Waals surface area contributed by atoms with Crippen LogP contribution in [0.25, 0.3) is 0 Å². The van der Waals surface area contributed by atoms with Gasteiger partial charge in [0.05, 0.1) is 11.5 Å². The third kappa shape index (κ3) is 5.58. The molecule has 25 heavy (non-hydrogen) atoms. The van der Waals surface area contributed by atoms with Gasteiger partial charge in [-0.1, -0.05) is 30.3 Å². The summed E-state index contributed by atoms with van der Waals surface area (Å²) < 4.78 is 37.5. The molecular weight excluding hydrogens is 342 g/mol. The highest BCUT2D eigenvalue weighted by Crippen LogP contribution is 2.19. The summed E-state index contributed by atoms with van der Waals surface area (Å²) in [6, 6.07) is 14.8. The number of rotatable bonds is 8. The molecule has 0 saturated carbocycles. The van der Waals surface area contributed by atoms with Crippen molar-refractivity contribution >= 4 is 16.0 Å². The maximum atomic E-state index is 12.5. The van der Waals surface area contributed by atoms with Crippen LogP contribution in [0.2, 0.25) is 0 Å². The lowest BCUT2D eigenvalue weighted by atomic mass is 10.1. The molecule has 6 nitrogen and oxygen atoms in total. The van der Waals surface area contributed by atoms with Gasteiger partial charge in [-0.05, 0) is 43.7 Å². The van der Waals surface area contributed by atoms with Gasteiger partial charge in [0.1, 0.15) is 5.75 Å². The van der Waals surface area contributed by atoms with Gasteiger partial charge in [0, 0.05) is 6.04 Å². The van der Waals surface area contributed by atoms with Crippen LogP contribution in [0.3, 0.4) is 0 Å². The molecule has 0 aliphatic rings. The van der Waals surface area contributed by atoms with Crippen LogP contribution in [0.4, 0.5) is 0 Å². The SMILES string of the molecule is CCOC(=O)COc1ccc(S(=O)(=O)N[C@H](C)c2ccccc2)cc1. The van der Waals surface area contributed by atoms with Gasteiger partial charge in [-0.2, -0.15) is 0 Å². The van der Waals surface area contributed by atoms with Crippen molar-refractivity contribution in [3.05, 3.63) is 60.2 Å². The molecule has 0 aliphatic carbocycles. The zero-order valence-electron chi connectivity index (χ0n) is 14.1. The van der Waals surface area contributed by atoms with Crippen LogP contribution >= 0.6 is 0 Å². The van der Waals surface area contributed by atoms with Crippen LogP contribution in [0.15, 0.2) is 59.5 Å². The molecule has 0 saturated heterocycles. The number of esters is 1. The van der Waals surface area contributed by atoms with Crippen molar-refractivity contribution in [2.24, 2.45) is 0 Å². The van der Waals surface area contributed by atoms with Crippen LogP contribution in [0, 0.1) is 0 Å². The fourth-order valence-corrected chi connectivity index (χ4v) is 3.40. The number of nitrogens with one attached hydrogen (secondary N) is 1. The van der Waals surface area contributed by atoms with Crippen LogP contribution in [0.5, 0.6) is 5.75 Å². The molecule has 1 atom stereocenters. The molecule has 0 bridgehead atoms. The predicted octanol–water partition coefficient (Wildman–Crippen LogP) is 2.67. The zero-order valence-corrected chi connectivity index (χ0v) is 15.0. The summed E-state index contributed by atoms with van der Waals surface area (Å²) in [6.07, 6.45) is 0. The topological polar surface area (TPSA) is 81.7 Å². The van der Waals surface area contributed by atoms with Crippen molar-refractivity contribution in [2.75, 3.05) is 13.2 Å². The number of sulfonamides is 1. The van der Waals surface area contributed by atoms with E-state index in [1.54, 1.807) is 13.8 Å². The molecule has 0 unspecified atom stereocenters. The molecule has 0 spiro atoms. The van der Waals surface area contributed by atoms with E-state index in [-0.39, 0.29) is 24.2 Å². The average molecular weight is 363 g/mol. The quantitative estimate of drug-likeness (QED) is 0.729. The lowest BCUT2D eigenvalue weighted by Crippen LogP contribution is -2.26. The van der Waals surface area contributed by atoms with E-state index in [0.29, 0.717) is 5.75 Å². The van der Waals surface area contributed by atoms with Gasteiger partial charge in [0.15, 0.2) is 6.61 Å². The summed E-state index contributed by atoms with van der Waals surface area (Å²) >= 11 is 0. The molecule has 0 aliphatic heterocycles. The molecule has 0 radical (unpaired) electrons. The van der Waals surface area contributed by atoms with E-state index in [2.05, 4.69) is 4.72 Å². The normalized spacial score (nSPS) is 12.4. The molecule has 134 valence electrons. The van der Waals surface area contributed by atoms with Crippen LogP contribution in [-0.2, 0) is 19.6 Å². The summed E-state index contributed by atoms with van der Waals surface area (Å²) in [5.74, 6) is -0.0827. The highest BCUT2D eigenvalue weighted by Gasteiger charge is 2.18. The first-order chi connectivity index (χ1) is 11.9. The Hall–Kier alpha value is -2.38. The minimum absolute atomic E-state index is 0.124. The molecule has 2 rings (SSSR count). The standard InChI is InChI=1S/C18H21NO5S/c1-3-23-18(20)13-24-16-9-11-17(12-10-16)25(21,22)19-14(2)15-7-5-4-6-8-15/h4-12,14,19H,3,13H2,1-2H3/t14-/m1/s1. The second-order valence-corrected chi connectivity index (χ2v) is 7.03. The summed E-state index contributed by atoms with van der Waals surface area (Å²) in [6.45, 7) is 3.55. The molecule has 0 amide bonds. The Labute approximate surface area is 147 Å². The number of carbonyl (C=O) groups excluding carboxylic acids is 1. The predicted molar refractivity (Wildman–Crippen MR) is 93.7 cm³/mol. The Bertz CT molecular complexity index is 788. The monoisotopic (exact) mass is 363 g/mol. The molecule has 2 aromatic rings. The largest absolute Gasteiger partial charge is 0.482 e. The van der Waals surface area contributed by atoms with Crippen LogP contribution in [0.1, 0.15) is 25.5 Å². The van der Waals surface area contributed by atoms with Crippen molar-refractivity contribution in [1.29, 1.82) is 0 Å². The Morgan fingerprint density at radius 1 is 1.08 bits per heavy atom. The van der Waals surface area contributed by atoms with Crippen molar-refractivity contribution < 1.29 is 22.7 Å². The minimum Gasteiger partial charge on any atom is -0.482 e. The van der Waals surface area contributed by atoms with E-state index in [9.17, 15) is 13.2 Å². The van der Waals surface area contributed by atoms with Crippen molar-refractivity contribution in [2.45, 2.75) is 24.8 Å². The molecule has 1 N–H and O–H groups in total. The summed E-state index contributed by atoms with van der Waals surface area (Å²) in [5, 5.41) is 0. The first-order valence-electron chi connectivity index (χ1n) is 7.88. The van der Waals surface area contributed by atoms with Gasteiger partial charge >= 0.3 is 5.97 Å². The first kappa shape index (κ1) is 19.0. The van der Waals surface area contributed by atoms with Crippen LogP contribution < -0.4 is 9.46 Å². The van der Waals surface area contributed by atoms with E-state index < -0.39 is 16.0 Å². The summed E-state index contributed by atoms with van der Waals surface area (Å²) in [4.78, 5) is 11.4. The minimum atomic E-state index is -3.66. The molecular formula is C18H21NO5S. The third-order valence-corrected chi connectivity index (χ3v) is 4.98. The van der Waals surface area contributed by atoms with Gasteiger partial charge in [-0.25, -0.2) is 17.9 Å². The lowest BCUT2D eigenvalue weighted by molar-refractivity contribution is -0.145. The second-order valence-electron chi connectivity index (χ2n) is 5.32. The van der Waals surface area contributed by atoms with E-state index in [0.717, 1.165) is 5.56 Å². The Morgan fingerprint density at radius 3 is 2.32 bits per heavy atom. The van der Waals surface area contributed by atoms with Gasteiger partial charge in [0.2, 0.25) is 10.0 Å². The second kappa shape index (κ2) is 8.64. The molecule has 0 heterocycles. The van der Waals surface area contributed by atoms with Crippen molar-refractivity contribution in [3.63, 3.8) is 0 Å². The number of hydrogen-bond acceptors (Lipinski definition) is 5. The van der Waals surface area contributed by atoms with Gasteiger partial charge in [-0.15, -0.1) is 0 Å². The molecule has 0 aromatic heterocycles. The molecule has 7 heteroatoms. The van der Waals surface area contributed by atoms with Crippen LogP contribution in [-0.4, -0.2) is 27.6 Å². The Kier molecular flexibility index (Phi) is 6.55. The lowest BCUT2D eigenvalue weighted by Gasteiger charge is -2.15. The van der Waals surface area contributed by atoms with E-state index in [1.807, 2.05) is 30.3 Å². The van der Waals surface area contributed by atoms with Crippen molar-refractivity contribution in [1.82, 2.24) is 4.72 Å². The Balaban J connectivity index is 2.01. The highest BCUT2D eigenvalue weighted by molar-refractivity contribution is 7.89. The van der Waals surface area contributed by atoms with E-state index in [4.69, 9.17) is 9.47 Å². The highest BCUT2D eigenvalue weighted by atomic mass is 32.2. The Morgan fingerprint density at radius 2 is 1.72 bits per heavy atom. The molecule has 0 fully saturated rings. The number of benzene rings is 2. The molecule has 2 aromatic carbocycles. The summed E-state index contributed by atoms with van der Waals surface area (Å²) in [5.41, 5.74) is 0.875. The summed E-state index contributed by atoms with van der Waals surface area (Å²) in [7, 11) is -3.66. The smallest absolute Gasteiger partial charge is 0.344 e. The van der Waals surface area contributed by atoms with E-state index in [1.165, 1.54) is 24.3 Å². The fraction of sp³-hybridized carbons (Fsp3) is 0.278. The van der Waals surface area contributed by atoms with E-state index >= 15 is 0 Å². The van der Waals surface area contributed by atoms with Gasteiger partial charge in [0.25, 0.3) is 0 Å². The first-order valence-corrected chi connectivity index (χ1v) is 9.36. The van der Waals surface area contributed by atoms with Crippen molar-refractivity contribution in [3.8, 4) is 5.75 Å².